The van der Waals surface area contributed by atoms with Gasteiger partial charge < -0.3 is 14.7 Å². The molecular weight excluding hydrogens is 450 g/mol. The largest absolute Gasteiger partial charge is 0.356 e. The second kappa shape index (κ2) is 9.57. The number of benzene rings is 2. The molecule has 4 aromatic rings. The molecule has 1 amide bonds. The Labute approximate surface area is 210 Å². The molecule has 3 heterocycles. The Morgan fingerprint density at radius 1 is 1.00 bits per heavy atom. The summed E-state index contributed by atoms with van der Waals surface area (Å²) in [5, 5.41) is 7.51. The maximum absolute atomic E-state index is 13.1. The van der Waals surface area contributed by atoms with Crippen molar-refractivity contribution < 1.29 is 9.32 Å². The van der Waals surface area contributed by atoms with Crippen LogP contribution in [-0.4, -0.2) is 34.1 Å². The Bertz CT molecular complexity index is 1370. The molecule has 0 bridgehead atoms. The fourth-order valence-electron chi connectivity index (χ4n) is 5.32. The standard InChI is InChI=1S/C29H29N5O2/c1-19-8-10-21(11-9-19)26-32-29(36-33-26)24-7-4-16-30-27(24)34-17-14-22(15-18-34)28(35)31-25-13-12-20-5-2-3-6-23(20)25/h2-11,16,22,25H,12-15,17-18H2,1H3,(H,31,35)/t25-/m1/s1. The summed E-state index contributed by atoms with van der Waals surface area (Å²) >= 11 is 0. The fraction of sp³-hybridized carbons (Fsp3) is 0.310. The van der Waals surface area contributed by atoms with Crippen LogP contribution < -0.4 is 10.2 Å². The molecule has 1 N–H and O–H groups in total. The second-order valence-corrected chi connectivity index (χ2v) is 9.72. The number of anilines is 1. The lowest BCUT2D eigenvalue weighted by atomic mass is 9.95. The van der Waals surface area contributed by atoms with Gasteiger partial charge in [-0.1, -0.05) is 59.3 Å². The predicted molar refractivity (Wildman–Crippen MR) is 138 cm³/mol. The lowest BCUT2D eigenvalue weighted by Crippen LogP contribution is -2.41. The van der Waals surface area contributed by atoms with E-state index in [0.29, 0.717) is 11.7 Å². The number of nitrogens with one attached hydrogen (secondary N) is 1. The number of piperidine rings is 1. The zero-order valence-electron chi connectivity index (χ0n) is 20.4. The Morgan fingerprint density at radius 3 is 2.64 bits per heavy atom. The van der Waals surface area contributed by atoms with Crippen LogP contribution in [0, 0.1) is 12.8 Å². The number of amides is 1. The first-order chi connectivity index (χ1) is 17.7. The van der Waals surface area contributed by atoms with E-state index >= 15 is 0 Å². The normalized spacial score (nSPS) is 17.7. The number of rotatable bonds is 5. The van der Waals surface area contributed by atoms with E-state index < -0.39 is 0 Å². The van der Waals surface area contributed by atoms with Crippen LogP contribution in [-0.2, 0) is 11.2 Å². The molecule has 1 aliphatic heterocycles. The minimum Gasteiger partial charge on any atom is -0.356 e. The minimum atomic E-state index is 0.0118. The van der Waals surface area contributed by atoms with Crippen molar-refractivity contribution in [3.63, 3.8) is 0 Å². The average Bonchev–Trinajstić information content (AvgIpc) is 3.57. The van der Waals surface area contributed by atoms with E-state index in [0.717, 1.165) is 55.7 Å². The van der Waals surface area contributed by atoms with E-state index in [-0.39, 0.29) is 17.9 Å². The first kappa shape index (κ1) is 22.5. The van der Waals surface area contributed by atoms with E-state index in [1.165, 1.54) is 16.7 Å². The summed E-state index contributed by atoms with van der Waals surface area (Å²) in [5.74, 6) is 2.01. The number of hydrogen-bond acceptors (Lipinski definition) is 6. The Kier molecular flexibility index (Phi) is 5.97. The zero-order valence-corrected chi connectivity index (χ0v) is 20.4. The predicted octanol–water partition coefficient (Wildman–Crippen LogP) is 5.13. The van der Waals surface area contributed by atoms with Gasteiger partial charge in [0.15, 0.2) is 0 Å². The minimum absolute atomic E-state index is 0.0118. The summed E-state index contributed by atoms with van der Waals surface area (Å²) in [7, 11) is 0. The number of aromatic nitrogens is 3. The molecule has 36 heavy (non-hydrogen) atoms. The van der Waals surface area contributed by atoms with Crippen LogP contribution in [0.25, 0.3) is 22.8 Å². The molecule has 182 valence electrons. The number of pyridine rings is 1. The number of hydrogen-bond donors (Lipinski definition) is 1. The van der Waals surface area contributed by atoms with Gasteiger partial charge in [-0.3, -0.25) is 4.79 Å². The van der Waals surface area contributed by atoms with E-state index in [1.54, 1.807) is 6.20 Å². The van der Waals surface area contributed by atoms with E-state index in [4.69, 9.17) is 4.52 Å². The number of carbonyl (C=O) groups is 1. The molecule has 0 spiro atoms. The quantitative estimate of drug-likeness (QED) is 0.427. The number of aryl methyl sites for hydroxylation is 2. The van der Waals surface area contributed by atoms with Crippen molar-refractivity contribution in [3.8, 4) is 22.8 Å². The van der Waals surface area contributed by atoms with Crippen molar-refractivity contribution >= 4 is 11.7 Å². The molecular formula is C29H29N5O2. The SMILES string of the molecule is Cc1ccc(-c2noc(-c3cccnc3N3CCC(C(=O)N[C@@H]4CCc5ccccc54)CC3)n2)cc1. The van der Waals surface area contributed by atoms with Gasteiger partial charge in [-0.15, -0.1) is 0 Å². The number of fused-ring (bicyclic) bond motifs is 1. The monoisotopic (exact) mass is 479 g/mol. The Morgan fingerprint density at radius 2 is 1.81 bits per heavy atom. The highest BCUT2D eigenvalue weighted by molar-refractivity contribution is 5.80. The molecule has 6 rings (SSSR count). The number of carbonyl (C=O) groups excluding carboxylic acids is 1. The molecule has 0 radical (unpaired) electrons. The van der Waals surface area contributed by atoms with E-state index in [9.17, 15) is 4.79 Å². The van der Waals surface area contributed by atoms with Gasteiger partial charge in [0.05, 0.1) is 11.6 Å². The summed E-state index contributed by atoms with van der Waals surface area (Å²) in [6.45, 7) is 3.55. The van der Waals surface area contributed by atoms with Gasteiger partial charge in [0.25, 0.3) is 5.89 Å². The third-order valence-corrected chi connectivity index (χ3v) is 7.37. The van der Waals surface area contributed by atoms with Crippen LogP contribution in [0.1, 0.15) is 42.0 Å². The second-order valence-electron chi connectivity index (χ2n) is 9.72. The third-order valence-electron chi connectivity index (χ3n) is 7.37. The molecule has 2 aromatic carbocycles. The maximum Gasteiger partial charge on any atom is 0.261 e. The topological polar surface area (TPSA) is 84.2 Å². The van der Waals surface area contributed by atoms with Crippen molar-refractivity contribution in [1.82, 2.24) is 20.4 Å². The lowest BCUT2D eigenvalue weighted by molar-refractivity contribution is -0.126. The van der Waals surface area contributed by atoms with Crippen molar-refractivity contribution in [1.29, 1.82) is 0 Å². The van der Waals surface area contributed by atoms with Gasteiger partial charge in [0.1, 0.15) is 5.82 Å². The molecule has 1 atom stereocenters. The molecule has 1 aliphatic carbocycles. The van der Waals surface area contributed by atoms with Crippen LogP contribution in [0.15, 0.2) is 71.4 Å². The van der Waals surface area contributed by atoms with Crippen LogP contribution in [0.2, 0.25) is 0 Å². The third kappa shape index (κ3) is 4.37. The molecule has 2 aliphatic rings. The van der Waals surface area contributed by atoms with Crippen LogP contribution >= 0.6 is 0 Å². The van der Waals surface area contributed by atoms with Gasteiger partial charge in [-0.25, -0.2) is 4.98 Å². The molecule has 7 nitrogen and oxygen atoms in total. The van der Waals surface area contributed by atoms with Crippen molar-refractivity contribution in [2.45, 2.75) is 38.6 Å². The first-order valence-electron chi connectivity index (χ1n) is 12.6. The van der Waals surface area contributed by atoms with Gasteiger partial charge >= 0.3 is 0 Å². The average molecular weight is 480 g/mol. The number of nitrogens with zero attached hydrogens (tertiary/aromatic N) is 4. The zero-order chi connectivity index (χ0) is 24.5. The van der Waals surface area contributed by atoms with Crippen molar-refractivity contribution in [2.75, 3.05) is 18.0 Å². The van der Waals surface area contributed by atoms with Gasteiger partial charge in [0.2, 0.25) is 11.7 Å². The summed E-state index contributed by atoms with van der Waals surface area (Å²) in [4.78, 5) is 24.6. The molecule has 0 saturated carbocycles. The fourth-order valence-corrected chi connectivity index (χ4v) is 5.32. The van der Waals surface area contributed by atoms with Gasteiger partial charge in [0, 0.05) is 30.8 Å². The molecule has 7 heteroatoms. The Hall–Kier alpha value is -4.00. The van der Waals surface area contributed by atoms with Crippen molar-refractivity contribution in [3.05, 3.63) is 83.6 Å². The smallest absolute Gasteiger partial charge is 0.261 e. The molecule has 0 unspecified atom stereocenters. The summed E-state index contributed by atoms with van der Waals surface area (Å²) < 4.78 is 5.64. The Balaban J connectivity index is 1.13. The summed E-state index contributed by atoms with van der Waals surface area (Å²) in [6, 6.07) is 20.5. The highest BCUT2D eigenvalue weighted by Gasteiger charge is 2.30. The van der Waals surface area contributed by atoms with Gasteiger partial charge in [-0.05, 0) is 55.9 Å². The first-order valence-corrected chi connectivity index (χ1v) is 12.6. The molecule has 1 saturated heterocycles. The summed E-state index contributed by atoms with van der Waals surface area (Å²) in [5.41, 5.74) is 5.53. The van der Waals surface area contributed by atoms with Gasteiger partial charge in [-0.2, -0.15) is 4.98 Å². The highest BCUT2D eigenvalue weighted by atomic mass is 16.5. The van der Waals surface area contributed by atoms with Crippen LogP contribution in [0.5, 0.6) is 0 Å². The van der Waals surface area contributed by atoms with Crippen molar-refractivity contribution in [2.24, 2.45) is 5.92 Å². The molecule has 1 fully saturated rings. The highest BCUT2D eigenvalue weighted by Crippen LogP contribution is 2.34. The maximum atomic E-state index is 13.1. The van der Waals surface area contributed by atoms with Crippen LogP contribution in [0.3, 0.4) is 0 Å². The van der Waals surface area contributed by atoms with E-state index in [1.807, 2.05) is 43.3 Å². The van der Waals surface area contributed by atoms with E-state index in [2.05, 4.69) is 49.6 Å². The lowest BCUT2D eigenvalue weighted by Gasteiger charge is -2.33. The molecule has 2 aromatic heterocycles. The van der Waals surface area contributed by atoms with Crippen LogP contribution in [0.4, 0.5) is 5.82 Å². The summed E-state index contributed by atoms with van der Waals surface area (Å²) in [6.07, 6.45) is 5.37.